The molecule has 0 aliphatic carbocycles. The number of hydrogen-bond donors (Lipinski definition) is 1. The van der Waals surface area contributed by atoms with Gasteiger partial charge < -0.3 is 9.88 Å². The lowest BCUT2D eigenvalue weighted by molar-refractivity contribution is 0.594. The molecular formula is C62H49N3. The topological polar surface area (TPSA) is 29.3 Å². The van der Waals surface area contributed by atoms with Crippen molar-refractivity contribution >= 4 is 33.2 Å². The van der Waals surface area contributed by atoms with Crippen molar-refractivity contribution in [1.82, 2.24) is 9.88 Å². The van der Waals surface area contributed by atoms with Crippen LogP contribution in [0.25, 0.3) is 77.7 Å². The molecule has 0 fully saturated rings. The van der Waals surface area contributed by atoms with E-state index in [0.717, 1.165) is 61.6 Å². The first-order valence-electron chi connectivity index (χ1n) is 22.6. The monoisotopic (exact) mass is 835 g/mol. The lowest BCUT2D eigenvalue weighted by atomic mass is 9.83. The predicted molar refractivity (Wildman–Crippen MR) is 274 cm³/mol. The maximum Gasteiger partial charge on any atom is 0.145 e. The SMILES string of the molecule is CC(C)(C)c1cc(-c2ccccc2)cc2c3cc(-c4ccccc4)ccc3n(-c3c(-c4ccccc4)cc(C4=CC(c5ccccc5)=NC(c5ccccc5)N4)cc3-c3ccccc3)c12. The summed E-state index contributed by atoms with van der Waals surface area (Å²) in [4.78, 5) is 5.30. The van der Waals surface area contributed by atoms with E-state index in [1.807, 2.05) is 0 Å². The number of hydrogen-bond acceptors (Lipinski definition) is 2. The molecule has 65 heavy (non-hydrogen) atoms. The van der Waals surface area contributed by atoms with E-state index in [1.165, 1.54) is 44.1 Å². The predicted octanol–water partition coefficient (Wildman–Crippen LogP) is 15.9. The number of nitrogens with zero attached hydrogens (tertiary/aromatic N) is 2. The van der Waals surface area contributed by atoms with Gasteiger partial charge >= 0.3 is 0 Å². The number of allylic oxidation sites excluding steroid dienone is 1. The standard InChI is InChI=1S/C62H49N3/c1-62(2,3)55-40-49(43-24-12-5-13-25-43)37-54-53-36-48(42-22-10-4-11-23-42)34-35-58(53)65(60(54)55)59-51(44-26-14-6-15-27-44)38-50(39-52(59)45-28-16-7-17-29-45)57-41-56(46-30-18-8-19-31-46)63-61(64-57)47-32-20-9-21-33-47/h4-41,61,64H,1-3H3. The Morgan fingerprint density at radius 2 is 0.908 bits per heavy atom. The average Bonchev–Trinajstić information content (AvgIpc) is 3.70. The highest BCUT2D eigenvalue weighted by molar-refractivity contribution is 6.15. The summed E-state index contributed by atoms with van der Waals surface area (Å²) >= 11 is 0. The van der Waals surface area contributed by atoms with Gasteiger partial charge in [-0.25, -0.2) is 0 Å². The molecular weight excluding hydrogens is 787 g/mol. The Morgan fingerprint density at radius 3 is 1.45 bits per heavy atom. The average molecular weight is 836 g/mol. The molecule has 11 rings (SSSR count). The second kappa shape index (κ2) is 16.6. The quantitative estimate of drug-likeness (QED) is 0.162. The zero-order valence-corrected chi connectivity index (χ0v) is 36.9. The minimum Gasteiger partial charge on any atom is -0.360 e. The van der Waals surface area contributed by atoms with Crippen LogP contribution in [0.5, 0.6) is 0 Å². The van der Waals surface area contributed by atoms with Crippen LogP contribution in [-0.4, -0.2) is 10.3 Å². The van der Waals surface area contributed by atoms with Gasteiger partial charge in [0.2, 0.25) is 0 Å². The summed E-state index contributed by atoms with van der Waals surface area (Å²) in [5.74, 6) is 0. The molecule has 9 aromatic carbocycles. The smallest absolute Gasteiger partial charge is 0.145 e. The molecule has 1 N–H and O–H groups in total. The Morgan fingerprint density at radius 1 is 0.431 bits per heavy atom. The van der Waals surface area contributed by atoms with Gasteiger partial charge in [-0.2, -0.15) is 0 Å². The molecule has 0 radical (unpaired) electrons. The summed E-state index contributed by atoms with van der Waals surface area (Å²) in [7, 11) is 0. The van der Waals surface area contributed by atoms with E-state index in [-0.39, 0.29) is 11.6 Å². The van der Waals surface area contributed by atoms with Gasteiger partial charge in [0.1, 0.15) is 6.17 Å². The van der Waals surface area contributed by atoms with Gasteiger partial charge in [0.25, 0.3) is 0 Å². The van der Waals surface area contributed by atoms with Crippen LogP contribution in [0.15, 0.2) is 236 Å². The van der Waals surface area contributed by atoms with E-state index in [1.54, 1.807) is 0 Å². The Bertz CT molecular complexity index is 3320. The third-order valence-corrected chi connectivity index (χ3v) is 12.7. The van der Waals surface area contributed by atoms with Crippen LogP contribution >= 0.6 is 0 Å². The molecule has 1 aliphatic rings. The maximum absolute atomic E-state index is 5.30. The van der Waals surface area contributed by atoms with Crippen molar-refractivity contribution in [3.05, 3.63) is 253 Å². The third kappa shape index (κ3) is 7.55. The largest absolute Gasteiger partial charge is 0.360 e. The van der Waals surface area contributed by atoms with Crippen LogP contribution < -0.4 is 5.32 Å². The number of fused-ring (bicyclic) bond motifs is 3. The Hall–Kier alpha value is -8.01. The molecule has 0 saturated carbocycles. The van der Waals surface area contributed by atoms with Crippen molar-refractivity contribution in [2.75, 3.05) is 0 Å². The first-order chi connectivity index (χ1) is 31.9. The van der Waals surface area contributed by atoms with E-state index in [0.29, 0.717) is 0 Å². The lowest BCUT2D eigenvalue weighted by Crippen LogP contribution is -2.25. The summed E-state index contributed by atoms with van der Waals surface area (Å²) in [5.41, 5.74) is 19.2. The molecule has 2 heterocycles. The lowest BCUT2D eigenvalue weighted by Gasteiger charge is -2.28. The Kier molecular flexibility index (Phi) is 10.2. The van der Waals surface area contributed by atoms with Crippen LogP contribution in [0, 0.1) is 0 Å². The van der Waals surface area contributed by atoms with Crippen molar-refractivity contribution < 1.29 is 0 Å². The maximum atomic E-state index is 5.30. The fraction of sp³-hybridized carbons (Fsp3) is 0.0806. The number of nitrogens with one attached hydrogen (secondary N) is 1. The van der Waals surface area contributed by atoms with E-state index in [4.69, 9.17) is 4.99 Å². The fourth-order valence-electron chi connectivity index (χ4n) is 9.53. The molecule has 0 spiro atoms. The molecule has 312 valence electrons. The second-order valence-corrected chi connectivity index (χ2v) is 18.0. The zero-order chi connectivity index (χ0) is 43.9. The Balaban J connectivity index is 1.26. The summed E-state index contributed by atoms with van der Waals surface area (Å²) < 4.78 is 2.59. The van der Waals surface area contributed by atoms with Gasteiger partial charge in [0.15, 0.2) is 0 Å². The van der Waals surface area contributed by atoms with E-state index >= 15 is 0 Å². The molecule has 0 bridgehead atoms. The van der Waals surface area contributed by atoms with E-state index < -0.39 is 0 Å². The van der Waals surface area contributed by atoms with Crippen LogP contribution in [0.1, 0.15) is 49.2 Å². The van der Waals surface area contributed by atoms with E-state index in [2.05, 4.69) is 261 Å². The highest BCUT2D eigenvalue weighted by Crippen LogP contribution is 2.47. The molecule has 1 aliphatic heterocycles. The first-order valence-corrected chi connectivity index (χ1v) is 22.6. The summed E-state index contributed by atoms with van der Waals surface area (Å²) in [6.07, 6.45) is 1.96. The minimum atomic E-state index is -0.268. The van der Waals surface area contributed by atoms with E-state index in [9.17, 15) is 0 Å². The van der Waals surface area contributed by atoms with Crippen LogP contribution in [0.4, 0.5) is 0 Å². The Labute approximate surface area is 381 Å². The minimum absolute atomic E-state index is 0.201. The van der Waals surface area contributed by atoms with Crippen molar-refractivity contribution in [2.24, 2.45) is 4.99 Å². The zero-order valence-electron chi connectivity index (χ0n) is 36.9. The normalized spacial score (nSPS) is 13.9. The van der Waals surface area contributed by atoms with Crippen LogP contribution in [0.3, 0.4) is 0 Å². The molecule has 3 heteroatoms. The first kappa shape index (κ1) is 39.8. The van der Waals surface area contributed by atoms with Gasteiger partial charge in [-0.3, -0.25) is 4.99 Å². The summed E-state index contributed by atoms with van der Waals surface area (Å²) in [6, 6.07) is 81.2. The van der Waals surface area contributed by atoms with Crippen molar-refractivity contribution in [3.63, 3.8) is 0 Å². The summed E-state index contributed by atoms with van der Waals surface area (Å²) in [6.45, 7) is 7.05. The van der Waals surface area contributed by atoms with Gasteiger partial charge in [0, 0.05) is 27.6 Å². The van der Waals surface area contributed by atoms with Crippen LogP contribution in [0.2, 0.25) is 0 Å². The number of aromatic nitrogens is 1. The van der Waals surface area contributed by atoms with Gasteiger partial charge in [0.05, 0.1) is 22.4 Å². The summed E-state index contributed by atoms with van der Waals surface area (Å²) in [5, 5.41) is 6.35. The highest BCUT2D eigenvalue weighted by atomic mass is 15.1. The second-order valence-electron chi connectivity index (χ2n) is 18.0. The number of benzene rings is 9. The molecule has 3 nitrogen and oxygen atoms in total. The van der Waals surface area contributed by atoms with Crippen LogP contribution in [-0.2, 0) is 5.41 Å². The van der Waals surface area contributed by atoms with Crippen molar-refractivity contribution in [1.29, 1.82) is 0 Å². The molecule has 1 aromatic heterocycles. The molecule has 0 amide bonds. The molecule has 1 atom stereocenters. The van der Waals surface area contributed by atoms with Gasteiger partial charge in [-0.15, -0.1) is 0 Å². The molecule has 1 unspecified atom stereocenters. The molecule has 0 saturated heterocycles. The van der Waals surface area contributed by atoms with Crippen molar-refractivity contribution in [3.8, 4) is 50.2 Å². The fourth-order valence-corrected chi connectivity index (χ4v) is 9.53. The van der Waals surface area contributed by atoms with Gasteiger partial charge in [-0.05, 0) is 104 Å². The number of rotatable bonds is 8. The van der Waals surface area contributed by atoms with Crippen molar-refractivity contribution in [2.45, 2.75) is 32.4 Å². The number of aliphatic imine (C=N–C) groups is 1. The third-order valence-electron chi connectivity index (χ3n) is 12.7. The highest BCUT2D eigenvalue weighted by Gasteiger charge is 2.29. The van der Waals surface area contributed by atoms with Gasteiger partial charge in [-0.1, -0.05) is 209 Å². The molecule has 10 aromatic rings.